The molecule has 0 heterocycles. The number of carbonyl (C=O) groups excluding carboxylic acids is 4. The van der Waals surface area contributed by atoms with Gasteiger partial charge in [-0.3, -0.25) is 37.3 Å². The van der Waals surface area contributed by atoms with Gasteiger partial charge in [0, 0.05) is 25.7 Å². The molecule has 0 saturated carbocycles. The fourth-order valence-corrected chi connectivity index (χ4v) is 12.3. The summed E-state index contributed by atoms with van der Waals surface area (Å²) in [7, 11) is -9.89. The molecule has 0 radical (unpaired) electrons. The van der Waals surface area contributed by atoms with Crippen molar-refractivity contribution in [1.29, 1.82) is 0 Å². The van der Waals surface area contributed by atoms with Crippen LogP contribution in [0, 0.1) is 17.8 Å². The van der Waals surface area contributed by atoms with Gasteiger partial charge in [-0.05, 0) is 43.4 Å². The van der Waals surface area contributed by atoms with Crippen LogP contribution in [0.2, 0.25) is 0 Å². The van der Waals surface area contributed by atoms with Crippen molar-refractivity contribution >= 4 is 39.5 Å². The predicted octanol–water partition coefficient (Wildman–Crippen LogP) is 20.2. The molecule has 0 rings (SSSR count). The highest BCUT2D eigenvalue weighted by atomic mass is 31.2. The second-order valence-corrected chi connectivity index (χ2v) is 30.0. The molecule has 0 aliphatic heterocycles. The highest BCUT2D eigenvalue weighted by Crippen LogP contribution is 2.45. The Hall–Kier alpha value is -1.94. The lowest BCUT2D eigenvalue weighted by Gasteiger charge is -2.21. The smallest absolute Gasteiger partial charge is 0.462 e. The van der Waals surface area contributed by atoms with E-state index in [4.69, 9.17) is 37.0 Å². The minimum absolute atomic E-state index is 0.101. The summed E-state index contributed by atoms with van der Waals surface area (Å²) < 4.78 is 68.0. The predicted molar refractivity (Wildman–Crippen MR) is 363 cm³/mol. The summed E-state index contributed by atoms with van der Waals surface area (Å²) in [5.41, 5.74) is 0. The summed E-state index contributed by atoms with van der Waals surface area (Å²) in [5.74, 6) is 0.138. The van der Waals surface area contributed by atoms with Gasteiger partial charge in [-0.15, -0.1) is 0 Å². The van der Waals surface area contributed by atoms with Crippen LogP contribution in [0.25, 0.3) is 0 Å². The monoisotopic (exact) mass is 1320 g/mol. The van der Waals surface area contributed by atoms with Crippen molar-refractivity contribution in [1.82, 2.24) is 0 Å². The molecular formula is C71H138O17P2. The number of phosphoric acid groups is 2. The SMILES string of the molecule is CCCCCCCC(=O)OC[C@H](COP(=O)(O)OC[C@H](O)COP(=O)(O)OC[C@@H](COC(=O)CCCCCCCCCCCCCCCCCC(C)C)OC(=O)CCCCCCCCCCCCCCCCCC(C)C)OC(=O)CCCCCCCCC(C)C. The zero-order valence-corrected chi connectivity index (χ0v) is 60.4. The average Bonchev–Trinajstić information content (AvgIpc) is 2.92. The molecule has 5 atom stereocenters. The van der Waals surface area contributed by atoms with E-state index in [0.29, 0.717) is 31.6 Å². The molecule has 19 heteroatoms. The number of aliphatic hydroxyl groups is 1. The van der Waals surface area contributed by atoms with Crippen LogP contribution in [0.4, 0.5) is 0 Å². The van der Waals surface area contributed by atoms with E-state index in [2.05, 4.69) is 48.5 Å². The van der Waals surface area contributed by atoms with E-state index in [1.54, 1.807) is 0 Å². The Kier molecular flexibility index (Phi) is 60.6. The molecule has 534 valence electrons. The first-order chi connectivity index (χ1) is 43.2. The number of hydrogen-bond acceptors (Lipinski definition) is 15. The molecular weight excluding hydrogens is 1190 g/mol. The second-order valence-electron chi connectivity index (χ2n) is 27.1. The molecule has 0 aromatic rings. The lowest BCUT2D eigenvalue weighted by Crippen LogP contribution is -2.30. The van der Waals surface area contributed by atoms with Gasteiger partial charge in [-0.1, -0.05) is 305 Å². The summed E-state index contributed by atoms with van der Waals surface area (Å²) in [6, 6.07) is 0. The Balaban J connectivity index is 5.13. The van der Waals surface area contributed by atoms with Gasteiger partial charge < -0.3 is 33.8 Å². The van der Waals surface area contributed by atoms with Crippen molar-refractivity contribution in [2.75, 3.05) is 39.6 Å². The van der Waals surface area contributed by atoms with Gasteiger partial charge in [0.15, 0.2) is 12.2 Å². The molecule has 0 fully saturated rings. The summed E-state index contributed by atoms with van der Waals surface area (Å²) in [4.78, 5) is 72.2. The lowest BCUT2D eigenvalue weighted by molar-refractivity contribution is -0.161. The maximum Gasteiger partial charge on any atom is 0.472 e. The van der Waals surface area contributed by atoms with Gasteiger partial charge in [0.25, 0.3) is 0 Å². The molecule has 0 amide bonds. The van der Waals surface area contributed by atoms with Crippen LogP contribution in [0.15, 0.2) is 0 Å². The number of unbranched alkanes of at least 4 members (excludes halogenated alkanes) is 37. The fraction of sp³-hybridized carbons (Fsp3) is 0.944. The normalized spacial score (nSPS) is 14.2. The molecule has 90 heavy (non-hydrogen) atoms. The Morgan fingerprint density at radius 1 is 0.300 bits per heavy atom. The third-order valence-corrected chi connectivity index (χ3v) is 18.3. The maximum absolute atomic E-state index is 13.0. The summed E-state index contributed by atoms with van der Waals surface area (Å²) in [6.07, 6.45) is 46.5. The molecule has 0 saturated heterocycles. The van der Waals surface area contributed by atoms with E-state index in [-0.39, 0.29) is 25.7 Å². The highest BCUT2D eigenvalue weighted by molar-refractivity contribution is 7.47. The molecule has 0 bridgehead atoms. The Morgan fingerprint density at radius 3 is 0.756 bits per heavy atom. The fourth-order valence-electron chi connectivity index (χ4n) is 10.7. The van der Waals surface area contributed by atoms with Gasteiger partial charge in [0.05, 0.1) is 26.4 Å². The number of hydrogen-bond donors (Lipinski definition) is 3. The maximum atomic E-state index is 13.0. The largest absolute Gasteiger partial charge is 0.472 e. The van der Waals surface area contributed by atoms with E-state index in [1.807, 2.05) is 0 Å². The molecule has 3 N–H and O–H groups in total. The third-order valence-electron chi connectivity index (χ3n) is 16.4. The van der Waals surface area contributed by atoms with Crippen LogP contribution in [-0.2, 0) is 65.4 Å². The number of carbonyl (C=O) groups is 4. The van der Waals surface area contributed by atoms with Gasteiger partial charge >= 0.3 is 39.5 Å². The minimum atomic E-state index is -4.95. The first-order valence-corrected chi connectivity index (χ1v) is 39.8. The van der Waals surface area contributed by atoms with Gasteiger partial charge in [-0.25, -0.2) is 9.13 Å². The summed E-state index contributed by atoms with van der Waals surface area (Å²) in [6.45, 7) is 11.7. The minimum Gasteiger partial charge on any atom is -0.462 e. The molecule has 2 unspecified atom stereocenters. The van der Waals surface area contributed by atoms with Crippen molar-refractivity contribution in [2.24, 2.45) is 17.8 Å². The molecule has 0 aromatic heterocycles. The Labute approximate surface area is 549 Å². The molecule has 17 nitrogen and oxygen atoms in total. The molecule has 0 aliphatic carbocycles. The van der Waals surface area contributed by atoms with Crippen molar-refractivity contribution < 1.29 is 80.2 Å². The Bertz CT molecular complexity index is 1770. The van der Waals surface area contributed by atoms with Crippen LogP contribution in [0.5, 0.6) is 0 Å². The van der Waals surface area contributed by atoms with Crippen molar-refractivity contribution in [3.63, 3.8) is 0 Å². The number of aliphatic hydroxyl groups excluding tert-OH is 1. The van der Waals surface area contributed by atoms with Crippen LogP contribution in [0.3, 0.4) is 0 Å². The first-order valence-electron chi connectivity index (χ1n) is 36.8. The molecule has 0 aliphatic rings. The van der Waals surface area contributed by atoms with Crippen molar-refractivity contribution in [2.45, 2.75) is 375 Å². The van der Waals surface area contributed by atoms with E-state index >= 15 is 0 Å². The van der Waals surface area contributed by atoms with Crippen LogP contribution in [-0.4, -0.2) is 96.7 Å². The van der Waals surface area contributed by atoms with Crippen LogP contribution < -0.4 is 0 Å². The standard InChI is InChI=1S/C71H138O17P2/c1-8-9-10-35-45-52-68(73)81-58-66(88-71(76)55-48-41-34-33-38-44-51-64(6)7)60-85-89(77,78)83-56-65(72)57-84-90(79,80)86-61-67(87-70(75)54-47-40-32-28-24-20-16-12-14-18-22-26-30-37-43-50-63(4)5)59-82-69(74)53-46-39-31-27-23-19-15-11-13-17-21-25-29-36-42-49-62(2)3/h62-67,72H,8-61H2,1-7H3,(H,77,78)(H,79,80)/t65-,66+,67+/m0/s1. The Morgan fingerprint density at radius 2 is 0.511 bits per heavy atom. The van der Waals surface area contributed by atoms with E-state index in [1.165, 1.54) is 161 Å². The first kappa shape index (κ1) is 88.1. The average molecular weight is 1330 g/mol. The third kappa shape index (κ3) is 64.8. The van der Waals surface area contributed by atoms with Gasteiger partial charge in [0.1, 0.15) is 19.3 Å². The number of ether oxygens (including phenoxy) is 4. The zero-order valence-electron chi connectivity index (χ0n) is 58.6. The van der Waals surface area contributed by atoms with Crippen LogP contribution in [0.1, 0.15) is 357 Å². The number of rotatable bonds is 69. The van der Waals surface area contributed by atoms with Gasteiger partial charge in [0.2, 0.25) is 0 Å². The molecule has 0 aromatic carbocycles. The zero-order chi connectivity index (χ0) is 66.6. The summed E-state index contributed by atoms with van der Waals surface area (Å²) >= 11 is 0. The number of esters is 4. The van der Waals surface area contributed by atoms with Gasteiger partial charge in [-0.2, -0.15) is 0 Å². The lowest BCUT2D eigenvalue weighted by atomic mass is 10.0. The van der Waals surface area contributed by atoms with E-state index < -0.39 is 97.5 Å². The van der Waals surface area contributed by atoms with Crippen molar-refractivity contribution in [3.05, 3.63) is 0 Å². The second kappa shape index (κ2) is 61.9. The highest BCUT2D eigenvalue weighted by Gasteiger charge is 2.30. The number of phosphoric ester groups is 2. The van der Waals surface area contributed by atoms with Crippen molar-refractivity contribution in [3.8, 4) is 0 Å². The molecule has 0 spiro atoms. The van der Waals surface area contributed by atoms with Crippen LogP contribution >= 0.6 is 15.6 Å². The van der Waals surface area contributed by atoms with E-state index in [9.17, 15) is 43.2 Å². The van der Waals surface area contributed by atoms with E-state index in [0.717, 1.165) is 108 Å². The quantitative estimate of drug-likeness (QED) is 0.0222. The summed E-state index contributed by atoms with van der Waals surface area (Å²) in [5, 5.41) is 10.6. The topological polar surface area (TPSA) is 237 Å².